The minimum absolute atomic E-state index is 0.310. The zero-order chi connectivity index (χ0) is 15.7. The molecule has 0 fully saturated rings. The topological polar surface area (TPSA) is 98.6 Å². The Bertz CT molecular complexity index is 782. The van der Waals surface area contributed by atoms with E-state index in [1.807, 2.05) is 24.3 Å². The van der Waals surface area contributed by atoms with Crippen LogP contribution in [0.1, 0.15) is 16.7 Å². The smallest absolute Gasteiger partial charge is 0.276 e. The number of hydrogen-bond donors (Lipinski definition) is 0. The summed E-state index contributed by atoms with van der Waals surface area (Å²) in [5.41, 5.74) is 2.29. The first-order chi connectivity index (χ1) is 10.6. The van der Waals surface area contributed by atoms with Crippen molar-refractivity contribution in [3.8, 4) is 0 Å². The number of aliphatic imine (C=N–C) groups is 1. The lowest BCUT2D eigenvalue weighted by Crippen LogP contribution is -2.14. The molecule has 7 heteroatoms. The standard InChI is InChI=1S/C15H11N3O4/c19-17(20)12-7-11(8-13(9-12)18(21)22)15-14-4-2-1-3-10(14)5-6-16-15/h1-4,7-9H,5-6H2. The number of benzene rings is 2. The summed E-state index contributed by atoms with van der Waals surface area (Å²) in [6.07, 6.45) is 0.788. The van der Waals surface area contributed by atoms with Crippen molar-refractivity contribution in [2.75, 3.05) is 6.54 Å². The van der Waals surface area contributed by atoms with Gasteiger partial charge in [-0.3, -0.25) is 25.2 Å². The number of non-ortho nitro benzene ring substituents is 2. The van der Waals surface area contributed by atoms with Crippen LogP contribution in [-0.2, 0) is 6.42 Å². The fourth-order valence-corrected chi connectivity index (χ4v) is 2.53. The first-order valence-electron chi connectivity index (χ1n) is 6.63. The minimum atomic E-state index is -0.633. The fourth-order valence-electron chi connectivity index (χ4n) is 2.53. The molecule has 22 heavy (non-hydrogen) atoms. The molecular formula is C15H11N3O4. The summed E-state index contributed by atoms with van der Waals surface area (Å²) < 4.78 is 0. The maximum atomic E-state index is 11.0. The Morgan fingerprint density at radius 2 is 1.59 bits per heavy atom. The molecule has 0 saturated carbocycles. The van der Waals surface area contributed by atoms with Gasteiger partial charge in [0, 0.05) is 29.8 Å². The molecular weight excluding hydrogens is 286 g/mol. The van der Waals surface area contributed by atoms with Crippen molar-refractivity contribution in [2.24, 2.45) is 4.99 Å². The van der Waals surface area contributed by atoms with Gasteiger partial charge in [-0.25, -0.2) is 0 Å². The molecule has 0 amide bonds. The molecule has 0 radical (unpaired) electrons. The summed E-state index contributed by atoms with van der Waals surface area (Å²) in [5, 5.41) is 22.0. The van der Waals surface area contributed by atoms with Crippen molar-refractivity contribution in [3.63, 3.8) is 0 Å². The van der Waals surface area contributed by atoms with Crippen LogP contribution in [0.25, 0.3) is 0 Å². The van der Waals surface area contributed by atoms with Crippen molar-refractivity contribution in [3.05, 3.63) is 79.4 Å². The average Bonchev–Trinajstić information content (AvgIpc) is 2.53. The Labute approximate surface area is 125 Å². The Morgan fingerprint density at radius 3 is 2.23 bits per heavy atom. The molecule has 3 rings (SSSR count). The van der Waals surface area contributed by atoms with Crippen LogP contribution in [0.3, 0.4) is 0 Å². The van der Waals surface area contributed by atoms with E-state index in [-0.39, 0.29) is 11.4 Å². The van der Waals surface area contributed by atoms with E-state index in [1.165, 1.54) is 12.1 Å². The summed E-state index contributed by atoms with van der Waals surface area (Å²) >= 11 is 0. The lowest BCUT2D eigenvalue weighted by molar-refractivity contribution is -0.394. The third-order valence-electron chi connectivity index (χ3n) is 3.52. The van der Waals surface area contributed by atoms with Gasteiger partial charge in [0.05, 0.1) is 21.6 Å². The van der Waals surface area contributed by atoms with Crippen LogP contribution >= 0.6 is 0 Å². The van der Waals surface area contributed by atoms with Crippen LogP contribution in [0.4, 0.5) is 11.4 Å². The van der Waals surface area contributed by atoms with Crippen molar-refractivity contribution in [1.82, 2.24) is 0 Å². The molecule has 0 saturated heterocycles. The van der Waals surface area contributed by atoms with Crippen molar-refractivity contribution >= 4 is 17.1 Å². The van der Waals surface area contributed by atoms with Gasteiger partial charge in [0.1, 0.15) is 0 Å². The van der Waals surface area contributed by atoms with Gasteiger partial charge in [-0.15, -0.1) is 0 Å². The molecule has 0 unspecified atom stereocenters. The zero-order valence-electron chi connectivity index (χ0n) is 11.4. The molecule has 2 aromatic rings. The number of nitro benzene ring substituents is 2. The second-order valence-electron chi connectivity index (χ2n) is 4.89. The van der Waals surface area contributed by atoms with E-state index in [2.05, 4.69) is 4.99 Å². The SMILES string of the molecule is O=[N+]([O-])c1cc(C2=NCCc3ccccc32)cc([N+](=O)[O-])c1. The Morgan fingerprint density at radius 1 is 0.955 bits per heavy atom. The molecule has 0 aliphatic carbocycles. The molecule has 110 valence electrons. The van der Waals surface area contributed by atoms with Gasteiger partial charge in [0.2, 0.25) is 0 Å². The molecule has 1 aliphatic heterocycles. The predicted octanol–water partition coefficient (Wildman–Crippen LogP) is 2.90. The van der Waals surface area contributed by atoms with Crippen LogP contribution in [0.5, 0.6) is 0 Å². The molecule has 2 aromatic carbocycles. The van der Waals surface area contributed by atoms with E-state index in [0.717, 1.165) is 23.6 Å². The lowest BCUT2D eigenvalue weighted by Gasteiger charge is -2.16. The van der Waals surface area contributed by atoms with Gasteiger partial charge in [0.25, 0.3) is 11.4 Å². The third kappa shape index (κ3) is 2.44. The van der Waals surface area contributed by atoms with Crippen LogP contribution in [-0.4, -0.2) is 22.1 Å². The first kappa shape index (κ1) is 13.9. The molecule has 0 N–H and O–H groups in total. The summed E-state index contributed by atoms with van der Waals surface area (Å²) in [6, 6.07) is 11.2. The van der Waals surface area contributed by atoms with Gasteiger partial charge >= 0.3 is 0 Å². The summed E-state index contributed by atoms with van der Waals surface area (Å²) in [5.74, 6) is 0. The molecule has 1 aliphatic rings. The Hall–Kier alpha value is -3.09. The first-order valence-corrected chi connectivity index (χ1v) is 6.63. The quantitative estimate of drug-likeness (QED) is 0.642. The largest absolute Gasteiger partial charge is 0.284 e. The monoisotopic (exact) mass is 297 g/mol. The van der Waals surface area contributed by atoms with Gasteiger partial charge in [0.15, 0.2) is 0 Å². The molecule has 0 aromatic heterocycles. The van der Waals surface area contributed by atoms with Crippen molar-refractivity contribution in [2.45, 2.75) is 6.42 Å². The molecule has 0 spiro atoms. The summed E-state index contributed by atoms with van der Waals surface area (Å²) in [4.78, 5) is 25.1. The van der Waals surface area contributed by atoms with E-state index < -0.39 is 9.85 Å². The lowest BCUT2D eigenvalue weighted by atomic mass is 9.93. The maximum absolute atomic E-state index is 11.0. The number of nitro groups is 2. The van der Waals surface area contributed by atoms with E-state index in [1.54, 1.807) is 0 Å². The zero-order valence-corrected chi connectivity index (χ0v) is 11.4. The van der Waals surface area contributed by atoms with E-state index in [4.69, 9.17) is 0 Å². The highest BCUT2D eigenvalue weighted by Crippen LogP contribution is 2.27. The van der Waals surface area contributed by atoms with E-state index >= 15 is 0 Å². The second kappa shape index (κ2) is 5.36. The Kier molecular flexibility index (Phi) is 3.38. The minimum Gasteiger partial charge on any atom is -0.284 e. The molecule has 0 bridgehead atoms. The highest BCUT2D eigenvalue weighted by Gasteiger charge is 2.22. The van der Waals surface area contributed by atoms with Crippen LogP contribution in [0.15, 0.2) is 47.5 Å². The van der Waals surface area contributed by atoms with E-state index in [0.29, 0.717) is 17.8 Å². The van der Waals surface area contributed by atoms with Gasteiger partial charge in [-0.2, -0.15) is 0 Å². The van der Waals surface area contributed by atoms with E-state index in [9.17, 15) is 20.2 Å². The normalized spacial score (nSPS) is 13.2. The maximum Gasteiger partial charge on any atom is 0.276 e. The third-order valence-corrected chi connectivity index (χ3v) is 3.52. The number of rotatable bonds is 3. The fraction of sp³-hybridized carbons (Fsp3) is 0.133. The summed E-state index contributed by atoms with van der Waals surface area (Å²) in [6.45, 7) is 0.558. The van der Waals surface area contributed by atoms with Gasteiger partial charge in [-0.1, -0.05) is 24.3 Å². The van der Waals surface area contributed by atoms with Crippen LogP contribution in [0, 0.1) is 20.2 Å². The van der Waals surface area contributed by atoms with Crippen LogP contribution < -0.4 is 0 Å². The van der Waals surface area contributed by atoms with Crippen molar-refractivity contribution in [1.29, 1.82) is 0 Å². The van der Waals surface area contributed by atoms with Crippen LogP contribution in [0.2, 0.25) is 0 Å². The number of nitrogens with zero attached hydrogens (tertiary/aromatic N) is 3. The highest BCUT2D eigenvalue weighted by atomic mass is 16.6. The second-order valence-corrected chi connectivity index (χ2v) is 4.89. The summed E-state index contributed by atoms with van der Waals surface area (Å²) in [7, 11) is 0. The number of hydrogen-bond acceptors (Lipinski definition) is 5. The molecule has 1 heterocycles. The number of fused-ring (bicyclic) bond motifs is 1. The Balaban J connectivity index is 2.18. The molecule has 7 nitrogen and oxygen atoms in total. The average molecular weight is 297 g/mol. The molecule has 0 atom stereocenters. The van der Waals surface area contributed by atoms with Crippen molar-refractivity contribution < 1.29 is 9.85 Å². The van der Waals surface area contributed by atoms with Gasteiger partial charge < -0.3 is 0 Å². The van der Waals surface area contributed by atoms with Gasteiger partial charge in [-0.05, 0) is 12.0 Å². The predicted molar refractivity (Wildman–Crippen MR) is 80.4 cm³/mol. The highest BCUT2D eigenvalue weighted by molar-refractivity contribution is 6.14.